The average Bonchev–Trinajstić information content (AvgIpc) is 2.90. The Bertz CT molecular complexity index is 674. The van der Waals surface area contributed by atoms with Crippen LogP contribution >= 0.6 is 0 Å². The number of fused-ring (bicyclic) bond motifs is 1. The smallest absolute Gasteiger partial charge is 0.0953 e. The van der Waals surface area contributed by atoms with Crippen LogP contribution in [0, 0.1) is 6.92 Å². The summed E-state index contributed by atoms with van der Waals surface area (Å²) in [5.74, 6) is 0. The van der Waals surface area contributed by atoms with Crippen LogP contribution in [0.3, 0.4) is 0 Å². The molecule has 0 saturated heterocycles. The van der Waals surface area contributed by atoms with E-state index in [-0.39, 0.29) is 6.04 Å². The van der Waals surface area contributed by atoms with Gasteiger partial charge in [0.25, 0.3) is 0 Å². The second-order valence-corrected chi connectivity index (χ2v) is 4.40. The summed E-state index contributed by atoms with van der Waals surface area (Å²) in [4.78, 5) is 4.52. The van der Waals surface area contributed by atoms with Gasteiger partial charge in [-0.2, -0.15) is 0 Å². The third-order valence-corrected chi connectivity index (χ3v) is 3.11. The molecule has 0 radical (unpaired) electrons. The number of pyridine rings is 1. The normalized spacial score (nSPS) is 12.8. The first-order valence-corrected chi connectivity index (χ1v) is 5.89. The Hall–Kier alpha value is -2.13. The van der Waals surface area contributed by atoms with Crippen molar-refractivity contribution in [3.05, 3.63) is 65.7 Å². The molecule has 0 amide bonds. The molecular weight excluding hydrogens is 224 g/mol. The van der Waals surface area contributed by atoms with Gasteiger partial charge >= 0.3 is 0 Å². The number of nitrogens with two attached hydrogens (primary N) is 1. The minimum atomic E-state index is -0.185. The summed E-state index contributed by atoms with van der Waals surface area (Å²) in [5.41, 5.74) is 10.3. The predicted molar refractivity (Wildman–Crippen MR) is 71.2 cm³/mol. The molecule has 18 heavy (non-hydrogen) atoms. The van der Waals surface area contributed by atoms with E-state index >= 15 is 0 Å². The van der Waals surface area contributed by atoms with Gasteiger partial charge in [0, 0.05) is 16.6 Å². The highest BCUT2D eigenvalue weighted by Gasteiger charge is 2.14. The summed E-state index contributed by atoms with van der Waals surface area (Å²) in [6.45, 7) is 1.98. The van der Waals surface area contributed by atoms with Crippen molar-refractivity contribution in [2.24, 2.45) is 5.73 Å². The summed E-state index contributed by atoms with van der Waals surface area (Å²) >= 11 is 0. The number of para-hydroxylation sites is 1. The van der Waals surface area contributed by atoms with Crippen LogP contribution in [0.5, 0.6) is 0 Å². The molecule has 2 N–H and O–H groups in total. The van der Waals surface area contributed by atoms with E-state index < -0.39 is 0 Å². The zero-order valence-corrected chi connectivity index (χ0v) is 10.1. The van der Waals surface area contributed by atoms with Gasteiger partial charge in [-0.1, -0.05) is 18.2 Å². The zero-order chi connectivity index (χ0) is 12.5. The van der Waals surface area contributed by atoms with Crippen molar-refractivity contribution in [3.63, 3.8) is 0 Å². The zero-order valence-electron chi connectivity index (χ0n) is 10.1. The Morgan fingerprint density at radius 3 is 2.83 bits per heavy atom. The third kappa shape index (κ3) is 1.79. The van der Waals surface area contributed by atoms with E-state index in [1.165, 1.54) is 0 Å². The van der Waals surface area contributed by atoms with E-state index in [2.05, 4.69) is 11.1 Å². The van der Waals surface area contributed by atoms with Crippen LogP contribution in [0.1, 0.15) is 22.9 Å². The lowest BCUT2D eigenvalue weighted by Crippen LogP contribution is -2.12. The summed E-state index contributed by atoms with van der Waals surface area (Å²) < 4.78 is 5.10. The molecule has 2 heterocycles. The number of nitrogens with zero attached hydrogens (tertiary/aromatic N) is 1. The summed E-state index contributed by atoms with van der Waals surface area (Å²) in [6.07, 6.45) is 3.33. The SMILES string of the molecule is Cc1cc(C(N)c2ccoc2)c2ccccc2n1. The lowest BCUT2D eigenvalue weighted by Gasteiger charge is -2.13. The molecule has 1 aromatic carbocycles. The number of furan rings is 1. The number of hydrogen-bond acceptors (Lipinski definition) is 3. The molecule has 0 bridgehead atoms. The van der Waals surface area contributed by atoms with E-state index in [1.807, 2.05) is 37.3 Å². The lowest BCUT2D eigenvalue weighted by atomic mass is 9.97. The number of benzene rings is 1. The first-order valence-electron chi connectivity index (χ1n) is 5.89. The van der Waals surface area contributed by atoms with Crippen LogP contribution in [0.4, 0.5) is 0 Å². The lowest BCUT2D eigenvalue weighted by molar-refractivity contribution is 0.562. The molecule has 0 aliphatic carbocycles. The Morgan fingerprint density at radius 2 is 2.06 bits per heavy atom. The topological polar surface area (TPSA) is 52.0 Å². The van der Waals surface area contributed by atoms with Crippen molar-refractivity contribution in [2.75, 3.05) is 0 Å². The summed E-state index contributed by atoms with van der Waals surface area (Å²) in [6, 6.07) is 11.8. The summed E-state index contributed by atoms with van der Waals surface area (Å²) in [5, 5.41) is 1.09. The van der Waals surface area contributed by atoms with Crippen LogP contribution in [0.15, 0.2) is 53.3 Å². The van der Waals surface area contributed by atoms with Gasteiger partial charge in [0.05, 0.1) is 24.1 Å². The van der Waals surface area contributed by atoms with Crippen LogP contribution < -0.4 is 5.73 Å². The van der Waals surface area contributed by atoms with Crippen molar-refractivity contribution < 1.29 is 4.42 Å². The maximum atomic E-state index is 6.31. The number of aromatic nitrogens is 1. The minimum Gasteiger partial charge on any atom is -0.472 e. The molecule has 0 aliphatic heterocycles. The molecule has 3 aromatic rings. The Balaban J connectivity index is 2.22. The van der Waals surface area contributed by atoms with Crippen LogP contribution in [-0.4, -0.2) is 4.98 Å². The first kappa shape index (κ1) is 11.0. The fraction of sp³-hybridized carbons (Fsp3) is 0.133. The molecule has 0 aliphatic rings. The molecule has 1 atom stereocenters. The van der Waals surface area contributed by atoms with Crippen molar-refractivity contribution in [3.8, 4) is 0 Å². The number of rotatable bonds is 2. The van der Waals surface area contributed by atoms with Gasteiger partial charge in [0.15, 0.2) is 0 Å². The van der Waals surface area contributed by atoms with Gasteiger partial charge in [-0.25, -0.2) is 0 Å². The highest BCUT2D eigenvalue weighted by atomic mass is 16.3. The fourth-order valence-corrected chi connectivity index (χ4v) is 2.23. The molecule has 2 aromatic heterocycles. The van der Waals surface area contributed by atoms with Crippen LogP contribution in [0.25, 0.3) is 10.9 Å². The van der Waals surface area contributed by atoms with Gasteiger partial charge in [0.1, 0.15) is 0 Å². The van der Waals surface area contributed by atoms with E-state index in [1.54, 1.807) is 12.5 Å². The highest BCUT2D eigenvalue weighted by molar-refractivity contribution is 5.83. The van der Waals surface area contributed by atoms with Gasteiger partial charge in [-0.3, -0.25) is 4.98 Å². The molecule has 3 heteroatoms. The van der Waals surface area contributed by atoms with E-state index in [0.717, 1.165) is 27.7 Å². The molecule has 0 spiro atoms. The number of hydrogen-bond donors (Lipinski definition) is 1. The molecular formula is C15H14N2O. The molecule has 3 nitrogen and oxygen atoms in total. The van der Waals surface area contributed by atoms with Crippen LogP contribution in [-0.2, 0) is 0 Å². The Kier molecular flexibility index (Phi) is 2.61. The van der Waals surface area contributed by atoms with E-state index in [4.69, 9.17) is 10.2 Å². The highest BCUT2D eigenvalue weighted by Crippen LogP contribution is 2.27. The van der Waals surface area contributed by atoms with Gasteiger partial charge in [0.2, 0.25) is 0 Å². The number of aryl methyl sites for hydroxylation is 1. The van der Waals surface area contributed by atoms with Crippen molar-refractivity contribution in [1.82, 2.24) is 4.98 Å². The monoisotopic (exact) mass is 238 g/mol. The molecule has 0 saturated carbocycles. The maximum absolute atomic E-state index is 6.31. The fourth-order valence-electron chi connectivity index (χ4n) is 2.23. The van der Waals surface area contributed by atoms with E-state index in [9.17, 15) is 0 Å². The average molecular weight is 238 g/mol. The second kappa shape index (κ2) is 4.27. The van der Waals surface area contributed by atoms with E-state index in [0.29, 0.717) is 0 Å². The molecule has 90 valence electrons. The minimum absolute atomic E-state index is 0.185. The maximum Gasteiger partial charge on any atom is 0.0953 e. The quantitative estimate of drug-likeness (QED) is 0.746. The Morgan fingerprint density at radius 1 is 1.22 bits per heavy atom. The molecule has 1 unspecified atom stereocenters. The standard InChI is InChI=1S/C15H14N2O/c1-10-8-13(15(16)11-6-7-18-9-11)12-4-2-3-5-14(12)17-10/h2-9,15H,16H2,1H3. The molecule has 0 fully saturated rings. The summed E-state index contributed by atoms with van der Waals surface area (Å²) in [7, 11) is 0. The first-order chi connectivity index (χ1) is 8.75. The largest absolute Gasteiger partial charge is 0.472 e. The van der Waals surface area contributed by atoms with Gasteiger partial charge < -0.3 is 10.2 Å². The van der Waals surface area contributed by atoms with Gasteiger partial charge in [-0.05, 0) is 30.7 Å². The second-order valence-electron chi connectivity index (χ2n) is 4.40. The van der Waals surface area contributed by atoms with Gasteiger partial charge in [-0.15, -0.1) is 0 Å². The van der Waals surface area contributed by atoms with Crippen molar-refractivity contribution in [1.29, 1.82) is 0 Å². The van der Waals surface area contributed by atoms with Crippen LogP contribution in [0.2, 0.25) is 0 Å². The third-order valence-electron chi connectivity index (χ3n) is 3.11. The van der Waals surface area contributed by atoms with Crippen molar-refractivity contribution >= 4 is 10.9 Å². The molecule has 3 rings (SSSR count). The van der Waals surface area contributed by atoms with Crippen molar-refractivity contribution in [2.45, 2.75) is 13.0 Å². The Labute approximate surface area is 105 Å². The predicted octanol–water partition coefficient (Wildman–Crippen LogP) is 3.18.